The number of nitrogens with two attached hydrogens (primary N) is 1. The largest absolute Gasteiger partial charge is 0.340 e. The van der Waals surface area contributed by atoms with Crippen molar-refractivity contribution >= 4 is 39.7 Å². The number of sulfonamides is 1. The average Bonchev–Trinajstić information content (AvgIpc) is 2.92. The van der Waals surface area contributed by atoms with Crippen molar-refractivity contribution in [2.45, 2.75) is 36.1 Å². The Labute approximate surface area is 135 Å². The number of amides is 1. The fourth-order valence-corrected chi connectivity index (χ4v) is 4.45. The van der Waals surface area contributed by atoms with Crippen LogP contribution >= 0.6 is 23.7 Å². The third-order valence-electron chi connectivity index (χ3n) is 3.23. The summed E-state index contributed by atoms with van der Waals surface area (Å²) in [6, 6.07) is 2.37. The van der Waals surface area contributed by atoms with Crippen molar-refractivity contribution in [1.82, 2.24) is 9.62 Å². The van der Waals surface area contributed by atoms with Gasteiger partial charge in [0.2, 0.25) is 5.91 Å². The molecule has 1 aliphatic rings. The van der Waals surface area contributed by atoms with Gasteiger partial charge in [-0.05, 0) is 31.2 Å². The molecule has 3 N–H and O–H groups in total. The third kappa shape index (κ3) is 4.65. The fraction of sp³-hybridized carbons (Fsp3) is 0.583. The maximum Gasteiger partial charge on any atom is 0.250 e. The topological polar surface area (TPSA) is 92.5 Å². The Morgan fingerprint density at radius 3 is 2.86 bits per heavy atom. The summed E-state index contributed by atoms with van der Waals surface area (Å²) in [6.45, 7) is 2.69. The highest BCUT2D eigenvalue weighted by Gasteiger charge is 2.28. The van der Waals surface area contributed by atoms with Crippen molar-refractivity contribution in [3.8, 4) is 0 Å². The number of halogens is 1. The number of hydrogen-bond donors (Lipinski definition) is 2. The van der Waals surface area contributed by atoms with Crippen LogP contribution in [0.15, 0.2) is 21.7 Å². The standard InChI is InChI=1S/C12H19N3O3S2.ClH/c1-9(12(16)15-6-2-4-10(13)8-15)14-20(17,18)11-5-3-7-19-11;/h3,5,7,9-10,14H,2,4,6,8,13H2,1H3;1H. The second-order valence-electron chi connectivity index (χ2n) is 4.96. The molecule has 1 aliphatic heterocycles. The number of carbonyl (C=O) groups is 1. The van der Waals surface area contributed by atoms with Gasteiger partial charge in [0, 0.05) is 19.1 Å². The van der Waals surface area contributed by atoms with Gasteiger partial charge < -0.3 is 10.6 Å². The van der Waals surface area contributed by atoms with E-state index in [4.69, 9.17) is 5.73 Å². The van der Waals surface area contributed by atoms with Gasteiger partial charge in [-0.25, -0.2) is 8.42 Å². The monoisotopic (exact) mass is 353 g/mol. The van der Waals surface area contributed by atoms with E-state index in [-0.39, 0.29) is 28.6 Å². The zero-order chi connectivity index (χ0) is 14.8. The lowest BCUT2D eigenvalue weighted by Gasteiger charge is -2.32. The van der Waals surface area contributed by atoms with E-state index in [1.807, 2.05) is 0 Å². The van der Waals surface area contributed by atoms with Crippen LogP contribution in [-0.2, 0) is 14.8 Å². The summed E-state index contributed by atoms with van der Waals surface area (Å²) in [5.74, 6) is -0.222. The molecule has 2 unspecified atom stereocenters. The van der Waals surface area contributed by atoms with Crippen LogP contribution in [0.3, 0.4) is 0 Å². The number of piperidine rings is 1. The number of hydrogen-bond acceptors (Lipinski definition) is 5. The molecule has 0 saturated carbocycles. The lowest BCUT2D eigenvalue weighted by molar-refractivity contribution is -0.133. The van der Waals surface area contributed by atoms with Crippen molar-refractivity contribution < 1.29 is 13.2 Å². The van der Waals surface area contributed by atoms with E-state index >= 15 is 0 Å². The molecular formula is C12H20ClN3O3S2. The number of likely N-dealkylation sites (tertiary alicyclic amines) is 1. The molecule has 0 aromatic carbocycles. The number of thiophene rings is 1. The Hall–Kier alpha value is -0.670. The molecule has 1 aromatic heterocycles. The molecule has 1 saturated heterocycles. The molecule has 2 heterocycles. The van der Waals surface area contributed by atoms with Crippen LogP contribution in [-0.4, -0.2) is 44.4 Å². The molecule has 120 valence electrons. The van der Waals surface area contributed by atoms with Crippen LogP contribution in [0.1, 0.15) is 19.8 Å². The second kappa shape index (κ2) is 7.55. The summed E-state index contributed by atoms with van der Waals surface area (Å²) >= 11 is 1.12. The smallest absolute Gasteiger partial charge is 0.250 e. The van der Waals surface area contributed by atoms with Crippen molar-refractivity contribution in [3.63, 3.8) is 0 Å². The number of carbonyl (C=O) groups excluding carboxylic acids is 1. The Morgan fingerprint density at radius 2 is 2.29 bits per heavy atom. The second-order valence-corrected chi connectivity index (χ2v) is 7.85. The Morgan fingerprint density at radius 1 is 1.57 bits per heavy atom. The first-order valence-corrected chi connectivity index (χ1v) is 8.86. The van der Waals surface area contributed by atoms with E-state index in [0.29, 0.717) is 13.1 Å². The summed E-state index contributed by atoms with van der Waals surface area (Å²) in [4.78, 5) is 13.9. The van der Waals surface area contributed by atoms with Gasteiger partial charge in [-0.3, -0.25) is 4.79 Å². The molecule has 9 heteroatoms. The van der Waals surface area contributed by atoms with Crippen molar-refractivity contribution in [1.29, 1.82) is 0 Å². The number of rotatable bonds is 4. The predicted molar refractivity (Wildman–Crippen MR) is 85.1 cm³/mol. The first kappa shape index (κ1) is 18.4. The predicted octanol–water partition coefficient (Wildman–Crippen LogP) is 0.786. The zero-order valence-corrected chi connectivity index (χ0v) is 14.1. The van der Waals surface area contributed by atoms with Crippen LogP contribution in [0.25, 0.3) is 0 Å². The molecule has 2 atom stereocenters. The first-order valence-electron chi connectivity index (χ1n) is 6.50. The van der Waals surface area contributed by atoms with E-state index in [0.717, 1.165) is 24.2 Å². The Bertz CT molecular complexity index is 562. The van der Waals surface area contributed by atoms with Crippen LogP contribution in [0.4, 0.5) is 0 Å². The molecule has 1 amide bonds. The van der Waals surface area contributed by atoms with E-state index in [9.17, 15) is 13.2 Å². The Kier molecular flexibility index (Phi) is 6.61. The maximum atomic E-state index is 12.2. The van der Waals surface area contributed by atoms with Gasteiger partial charge in [-0.1, -0.05) is 6.07 Å². The summed E-state index contributed by atoms with van der Waals surface area (Å²) in [5.41, 5.74) is 5.84. The van der Waals surface area contributed by atoms with Gasteiger partial charge >= 0.3 is 0 Å². The highest BCUT2D eigenvalue weighted by molar-refractivity contribution is 7.91. The molecule has 0 radical (unpaired) electrons. The summed E-state index contributed by atoms with van der Waals surface area (Å²) in [7, 11) is -3.62. The lowest BCUT2D eigenvalue weighted by Crippen LogP contribution is -2.52. The van der Waals surface area contributed by atoms with Gasteiger partial charge in [-0.15, -0.1) is 23.7 Å². The van der Waals surface area contributed by atoms with Crippen LogP contribution in [0, 0.1) is 0 Å². The molecule has 1 fully saturated rings. The quantitative estimate of drug-likeness (QED) is 0.836. The minimum atomic E-state index is -3.62. The Balaban J connectivity index is 0.00000220. The van der Waals surface area contributed by atoms with Crippen LogP contribution in [0.2, 0.25) is 0 Å². The molecule has 0 bridgehead atoms. The third-order valence-corrected chi connectivity index (χ3v) is 6.17. The molecular weight excluding hydrogens is 334 g/mol. The minimum Gasteiger partial charge on any atom is -0.340 e. The van der Waals surface area contributed by atoms with Gasteiger partial charge in [0.1, 0.15) is 4.21 Å². The summed E-state index contributed by atoms with van der Waals surface area (Å²) in [5, 5.41) is 1.69. The molecule has 0 aliphatic carbocycles. The first-order chi connectivity index (χ1) is 9.40. The molecule has 0 spiro atoms. The lowest BCUT2D eigenvalue weighted by atomic mass is 10.1. The van der Waals surface area contributed by atoms with Gasteiger partial charge in [0.05, 0.1) is 6.04 Å². The molecule has 6 nitrogen and oxygen atoms in total. The van der Waals surface area contributed by atoms with Crippen molar-refractivity contribution in [2.24, 2.45) is 5.73 Å². The van der Waals surface area contributed by atoms with E-state index in [2.05, 4.69) is 4.72 Å². The minimum absolute atomic E-state index is 0. The normalized spacial score (nSPS) is 20.7. The highest BCUT2D eigenvalue weighted by Crippen LogP contribution is 2.16. The fourth-order valence-electron chi connectivity index (χ4n) is 2.24. The van der Waals surface area contributed by atoms with Gasteiger partial charge in [-0.2, -0.15) is 4.72 Å². The maximum absolute atomic E-state index is 12.2. The van der Waals surface area contributed by atoms with Gasteiger partial charge in [0.15, 0.2) is 0 Å². The van der Waals surface area contributed by atoms with E-state index in [1.165, 1.54) is 6.07 Å². The molecule has 2 rings (SSSR count). The van der Waals surface area contributed by atoms with Crippen LogP contribution < -0.4 is 10.5 Å². The molecule has 21 heavy (non-hydrogen) atoms. The van der Waals surface area contributed by atoms with Crippen LogP contribution in [0.5, 0.6) is 0 Å². The summed E-state index contributed by atoms with van der Waals surface area (Å²) < 4.78 is 26.8. The van der Waals surface area contributed by atoms with Crippen molar-refractivity contribution in [2.75, 3.05) is 13.1 Å². The van der Waals surface area contributed by atoms with Crippen molar-refractivity contribution in [3.05, 3.63) is 17.5 Å². The zero-order valence-electron chi connectivity index (χ0n) is 11.7. The highest BCUT2D eigenvalue weighted by atomic mass is 35.5. The SMILES string of the molecule is CC(NS(=O)(=O)c1cccs1)C(=O)N1CCCC(N)C1.Cl. The number of nitrogens with zero attached hydrogens (tertiary/aromatic N) is 1. The van der Waals surface area contributed by atoms with E-state index in [1.54, 1.807) is 23.3 Å². The number of nitrogens with one attached hydrogen (secondary N) is 1. The van der Waals surface area contributed by atoms with Gasteiger partial charge in [0.25, 0.3) is 10.0 Å². The molecule has 1 aromatic rings. The summed E-state index contributed by atoms with van der Waals surface area (Å²) in [6.07, 6.45) is 1.76. The average molecular weight is 354 g/mol. The van der Waals surface area contributed by atoms with E-state index < -0.39 is 16.1 Å².